The number of nitrogens with zero attached hydrogens (tertiary/aromatic N) is 4. The van der Waals surface area contributed by atoms with E-state index in [1.54, 1.807) is 0 Å². The van der Waals surface area contributed by atoms with Crippen LogP contribution in [0.4, 0.5) is 15.8 Å². The number of nitrogens with two attached hydrogens (primary N) is 2. The second-order valence-electron chi connectivity index (χ2n) is 9.63. The lowest BCUT2D eigenvalue weighted by atomic mass is 10.1. The molecule has 0 spiro atoms. The fourth-order valence-corrected chi connectivity index (χ4v) is 4.20. The average Bonchev–Trinajstić information content (AvgIpc) is 3.48. The number of rotatable bonds is 11. The van der Waals surface area contributed by atoms with Gasteiger partial charge in [0.05, 0.1) is 5.56 Å². The number of carboxylic acids is 1. The van der Waals surface area contributed by atoms with Gasteiger partial charge in [-0.15, -0.1) is 5.10 Å². The molecule has 3 aromatic carbocycles. The maximum absolute atomic E-state index is 14.4. The Morgan fingerprint density at radius 3 is 2.20 bits per heavy atom. The van der Waals surface area contributed by atoms with Gasteiger partial charge in [0.2, 0.25) is 5.82 Å². The fraction of sp³-hybridized carbons (Fsp3) is 0.107. The van der Waals surface area contributed by atoms with Crippen LogP contribution < -0.4 is 38.3 Å². The number of aromatic nitrogens is 4. The number of primary amides is 1. The van der Waals surface area contributed by atoms with Gasteiger partial charge in [-0.2, -0.15) is 9.50 Å². The summed E-state index contributed by atoms with van der Waals surface area (Å²) in [6.45, 7) is -0.274. The highest BCUT2D eigenvalue weighted by molar-refractivity contribution is 5.98. The second kappa shape index (κ2) is 12.0. The molecule has 0 saturated heterocycles. The third kappa shape index (κ3) is 6.17. The van der Waals surface area contributed by atoms with Gasteiger partial charge in [-0.3, -0.25) is 24.0 Å². The van der Waals surface area contributed by atoms with E-state index in [1.807, 2.05) is 0 Å². The van der Waals surface area contributed by atoms with Crippen molar-refractivity contribution in [1.29, 1.82) is 0 Å². The van der Waals surface area contributed by atoms with Gasteiger partial charge in [0.15, 0.2) is 0 Å². The average molecular weight is 616 g/mol. The van der Waals surface area contributed by atoms with Crippen LogP contribution >= 0.6 is 0 Å². The van der Waals surface area contributed by atoms with Crippen LogP contribution in [-0.4, -0.2) is 48.4 Å². The van der Waals surface area contributed by atoms with E-state index >= 15 is 0 Å². The lowest BCUT2D eigenvalue weighted by Gasteiger charge is -2.12. The summed E-state index contributed by atoms with van der Waals surface area (Å²) in [5, 5.41) is 20.8. The van der Waals surface area contributed by atoms with Crippen molar-refractivity contribution in [3.8, 4) is 0 Å². The van der Waals surface area contributed by atoms with Crippen molar-refractivity contribution in [2.75, 3.05) is 11.1 Å². The van der Waals surface area contributed by atoms with E-state index in [9.17, 15) is 33.2 Å². The molecule has 2 aromatic heterocycles. The number of halogens is 1. The molecule has 0 aliphatic rings. The lowest BCUT2D eigenvalue weighted by Crippen LogP contribution is -2.37. The molecule has 0 atom stereocenters. The van der Waals surface area contributed by atoms with E-state index in [4.69, 9.17) is 16.6 Å². The van der Waals surface area contributed by atoms with E-state index in [0.29, 0.717) is 11.1 Å². The van der Waals surface area contributed by atoms with Gasteiger partial charge in [-0.1, -0.05) is 18.2 Å². The Kier molecular flexibility index (Phi) is 7.99. The number of benzene rings is 2. The lowest BCUT2D eigenvalue weighted by molar-refractivity contribution is 0.0696. The fourth-order valence-electron chi connectivity index (χ4n) is 4.20. The molecule has 3 amide bonds. The van der Waals surface area contributed by atoms with Crippen molar-refractivity contribution in [3.63, 3.8) is 0 Å². The van der Waals surface area contributed by atoms with Crippen LogP contribution in [-0.2, 0) is 19.6 Å². The molecule has 5 rings (SSSR count). The van der Waals surface area contributed by atoms with Crippen LogP contribution in [0.5, 0.6) is 0 Å². The van der Waals surface area contributed by atoms with Crippen molar-refractivity contribution in [3.05, 3.63) is 114 Å². The summed E-state index contributed by atoms with van der Waals surface area (Å²) < 4.78 is 15.3. The highest BCUT2D eigenvalue weighted by atomic mass is 19.1. The summed E-state index contributed by atoms with van der Waals surface area (Å²) in [7, 11) is 0. The van der Waals surface area contributed by atoms with Crippen LogP contribution in [0.15, 0.2) is 58.1 Å². The number of hydrogen-bond donors (Lipinski definition) is 6. The zero-order valence-corrected chi connectivity index (χ0v) is 23.0. The molecule has 2 heterocycles. The molecule has 0 bridgehead atoms. The quantitative estimate of drug-likeness (QED) is 0.105. The Morgan fingerprint density at radius 1 is 0.867 bits per heavy atom. The van der Waals surface area contributed by atoms with E-state index in [1.165, 1.54) is 36.4 Å². The molecule has 0 fully saturated rings. The number of carbonyl (C=O) groups is 4. The molecule has 5 aromatic rings. The number of carbonyl (C=O) groups excluding carboxylic acids is 3. The molecule has 228 valence electrons. The molecule has 17 heteroatoms. The summed E-state index contributed by atoms with van der Waals surface area (Å²) >= 11 is 0. The molecule has 8 N–H and O–H groups in total. The van der Waals surface area contributed by atoms with Crippen LogP contribution in [0.25, 0.3) is 5.78 Å². The third-order valence-electron chi connectivity index (χ3n) is 6.62. The Hall–Kier alpha value is -6.52. The van der Waals surface area contributed by atoms with Crippen molar-refractivity contribution >= 4 is 40.8 Å². The Labute approximate surface area is 250 Å². The van der Waals surface area contributed by atoms with Crippen LogP contribution in [0.3, 0.4) is 0 Å². The predicted octanol–water partition coefficient (Wildman–Crippen LogP) is -0.289. The molecule has 16 nitrogen and oxygen atoms in total. The number of aromatic carboxylic acids is 1. The molecular weight excluding hydrogens is 593 g/mol. The van der Waals surface area contributed by atoms with Crippen LogP contribution in [0.2, 0.25) is 0 Å². The van der Waals surface area contributed by atoms with Gasteiger partial charge in [0, 0.05) is 31.3 Å². The Morgan fingerprint density at radius 2 is 1.53 bits per heavy atom. The third-order valence-corrected chi connectivity index (χ3v) is 6.62. The van der Waals surface area contributed by atoms with Gasteiger partial charge >= 0.3 is 5.97 Å². The van der Waals surface area contributed by atoms with E-state index in [-0.39, 0.29) is 59.3 Å². The minimum Gasteiger partial charge on any atom is -0.478 e. The van der Waals surface area contributed by atoms with Crippen molar-refractivity contribution in [1.82, 2.24) is 30.2 Å². The van der Waals surface area contributed by atoms with E-state index < -0.39 is 46.2 Å². The molecule has 0 saturated carbocycles. The number of nitrogens with one attached hydrogen (secondary N) is 3. The molecule has 0 aliphatic carbocycles. The van der Waals surface area contributed by atoms with Crippen LogP contribution in [0, 0.1) is 5.82 Å². The highest BCUT2D eigenvalue weighted by Crippen LogP contribution is 2.16. The summed E-state index contributed by atoms with van der Waals surface area (Å²) in [5.74, 6) is -4.89. The second-order valence-corrected chi connectivity index (χ2v) is 9.63. The number of anilines is 2. The van der Waals surface area contributed by atoms with E-state index in [2.05, 4.69) is 31.0 Å². The number of hydrogen-bond acceptors (Lipinski definition) is 11. The SMILES string of the molecule is NC(=O)c1nc2nc(C(=O)NCc3ccc(F)c(CNc4c(N)c(=O)c4=O)c3)cc(C(=O)NCc3ccc(C(=O)O)cc3)n2n1. The first kappa shape index (κ1) is 30.0. The van der Waals surface area contributed by atoms with Gasteiger partial charge in [0.25, 0.3) is 34.4 Å². The Balaban J connectivity index is 1.32. The topological polar surface area (TPSA) is 254 Å². The van der Waals surface area contributed by atoms with E-state index in [0.717, 1.165) is 16.6 Å². The normalized spacial score (nSPS) is 11.0. The van der Waals surface area contributed by atoms with Crippen LogP contribution in [0.1, 0.15) is 58.6 Å². The minimum absolute atomic E-state index is 0.0163. The summed E-state index contributed by atoms with van der Waals surface area (Å²) in [6, 6.07) is 10.9. The number of fused-ring (bicyclic) bond motifs is 1. The standard InChI is InChI=1S/C28H22FN9O7/c29-16-6-3-13(7-15(16)11-32-20-19(30)21(39)22(20)40)10-33-25(42)17-8-18(38-28(35-17)36-24(37-38)23(31)41)26(43)34-9-12-1-4-14(5-2-12)27(44)45/h1-8,32H,9-11,30H2,(H2,31,41)(H,33,42)(H,34,43)(H,44,45). The molecule has 0 unspecified atom stereocenters. The molecule has 0 aliphatic heterocycles. The van der Waals surface area contributed by atoms with Gasteiger partial charge in [-0.05, 0) is 35.4 Å². The monoisotopic (exact) mass is 615 g/mol. The first-order valence-corrected chi connectivity index (χ1v) is 13.0. The van der Waals surface area contributed by atoms with Crippen molar-refractivity contribution < 1.29 is 28.7 Å². The predicted molar refractivity (Wildman–Crippen MR) is 155 cm³/mol. The summed E-state index contributed by atoms with van der Waals surface area (Å²) in [5.41, 5.74) is 9.60. The smallest absolute Gasteiger partial charge is 0.335 e. The minimum atomic E-state index is -1.10. The molecule has 0 radical (unpaired) electrons. The highest BCUT2D eigenvalue weighted by Gasteiger charge is 2.22. The zero-order valence-electron chi connectivity index (χ0n) is 23.0. The number of nitrogen functional groups attached to an aromatic ring is 1. The molecular formula is C28H22FN9O7. The van der Waals surface area contributed by atoms with Crippen molar-refractivity contribution in [2.24, 2.45) is 5.73 Å². The zero-order chi connectivity index (χ0) is 32.4. The summed E-state index contributed by atoms with van der Waals surface area (Å²) in [4.78, 5) is 79.8. The largest absolute Gasteiger partial charge is 0.478 e. The first-order valence-electron chi connectivity index (χ1n) is 13.0. The van der Waals surface area contributed by atoms with Gasteiger partial charge in [-0.25, -0.2) is 14.2 Å². The maximum Gasteiger partial charge on any atom is 0.335 e. The Bertz CT molecular complexity index is 2080. The first-order chi connectivity index (χ1) is 21.4. The molecule has 45 heavy (non-hydrogen) atoms. The number of carboxylic acid groups (broad SMARTS) is 1. The maximum atomic E-state index is 14.4. The van der Waals surface area contributed by atoms with Crippen molar-refractivity contribution in [2.45, 2.75) is 19.6 Å². The summed E-state index contributed by atoms with van der Waals surface area (Å²) in [6.07, 6.45) is 0. The van der Waals surface area contributed by atoms with Gasteiger partial charge < -0.3 is 32.5 Å². The van der Waals surface area contributed by atoms with Gasteiger partial charge in [0.1, 0.15) is 28.6 Å². The number of amides is 3.